The second-order valence-electron chi connectivity index (χ2n) is 5.11. The summed E-state index contributed by atoms with van der Waals surface area (Å²) in [7, 11) is 1.78. The summed E-state index contributed by atoms with van der Waals surface area (Å²) in [5, 5.41) is 4.71. The fourth-order valence-electron chi connectivity index (χ4n) is 1.80. The Kier molecular flexibility index (Phi) is 5.47. The summed E-state index contributed by atoms with van der Waals surface area (Å²) in [6.45, 7) is 7.71. The minimum absolute atomic E-state index is 0.110. The third kappa shape index (κ3) is 4.63. The first kappa shape index (κ1) is 15.6. The van der Waals surface area contributed by atoms with Crippen LogP contribution in [0.2, 0.25) is 0 Å². The van der Waals surface area contributed by atoms with Crippen LogP contribution in [0.3, 0.4) is 0 Å². The maximum atomic E-state index is 12.2. The van der Waals surface area contributed by atoms with E-state index in [1.54, 1.807) is 17.3 Å². The number of aromatic nitrogens is 1. The third-order valence-corrected chi connectivity index (χ3v) is 3.56. The van der Waals surface area contributed by atoms with Gasteiger partial charge in [0, 0.05) is 25.4 Å². The first-order chi connectivity index (χ1) is 8.81. The van der Waals surface area contributed by atoms with E-state index in [-0.39, 0.29) is 17.9 Å². The highest BCUT2D eigenvalue weighted by Crippen LogP contribution is 2.18. The van der Waals surface area contributed by atoms with Crippen molar-refractivity contribution in [3.63, 3.8) is 0 Å². The molecule has 106 valence electrons. The number of anilines is 1. The van der Waals surface area contributed by atoms with Gasteiger partial charge >= 0.3 is 0 Å². The van der Waals surface area contributed by atoms with Gasteiger partial charge in [-0.25, -0.2) is 4.98 Å². The van der Waals surface area contributed by atoms with Gasteiger partial charge in [0.25, 0.3) is 5.91 Å². The van der Waals surface area contributed by atoms with Crippen molar-refractivity contribution in [1.29, 1.82) is 0 Å². The van der Waals surface area contributed by atoms with E-state index in [1.165, 1.54) is 18.3 Å². The van der Waals surface area contributed by atoms with Gasteiger partial charge in [-0.2, -0.15) is 0 Å². The molecule has 0 aliphatic rings. The molecule has 19 heavy (non-hydrogen) atoms. The molecular formula is C13H21N3O2S. The highest BCUT2D eigenvalue weighted by atomic mass is 32.1. The van der Waals surface area contributed by atoms with Gasteiger partial charge in [0.1, 0.15) is 5.69 Å². The number of thiazole rings is 1. The Morgan fingerprint density at radius 1 is 1.42 bits per heavy atom. The summed E-state index contributed by atoms with van der Waals surface area (Å²) in [4.78, 5) is 29.0. The molecule has 5 nitrogen and oxygen atoms in total. The van der Waals surface area contributed by atoms with E-state index < -0.39 is 0 Å². The number of amides is 2. The fraction of sp³-hybridized carbons (Fsp3) is 0.615. The SMILES string of the molecule is CC(=O)Nc1nc(C(=O)N(C)[C@@H](C)CC(C)C)cs1. The van der Waals surface area contributed by atoms with E-state index in [2.05, 4.69) is 24.1 Å². The largest absolute Gasteiger partial charge is 0.338 e. The average molecular weight is 283 g/mol. The number of hydrogen-bond acceptors (Lipinski definition) is 4. The van der Waals surface area contributed by atoms with Crippen LogP contribution in [0.1, 0.15) is 44.6 Å². The van der Waals surface area contributed by atoms with Gasteiger partial charge < -0.3 is 10.2 Å². The molecule has 0 spiro atoms. The first-order valence-electron chi connectivity index (χ1n) is 6.31. The van der Waals surface area contributed by atoms with Crippen LogP contribution < -0.4 is 5.32 Å². The number of carbonyl (C=O) groups is 2. The molecule has 1 rings (SSSR count). The monoisotopic (exact) mass is 283 g/mol. The lowest BCUT2D eigenvalue weighted by Crippen LogP contribution is -2.36. The van der Waals surface area contributed by atoms with Crippen molar-refractivity contribution in [1.82, 2.24) is 9.88 Å². The van der Waals surface area contributed by atoms with Crippen molar-refractivity contribution in [2.75, 3.05) is 12.4 Å². The molecule has 0 fully saturated rings. The van der Waals surface area contributed by atoms with Crippen molar-refractivity contribution in [3.05, 3.63) is 11.1 Å². The Morgan fingerprint density at radius 3 is 2.58 bits per heavy atom. The van der Waals surface area contributed by atoms with Gasteiger partial charge in [-0.3, -0.25) is 9.59 Å². The molecule has 1 aromatic rings. The van der Waals surface area contributed by atoms with Crippen LogP contribution in [0, 0.1) is 5.92 Å². The maximum Gasteiger partial charge on any atom is 0.273 e. The zero-order valence-electron chi connectivity index (χ0n) is 12.1. The summed E-state index contributed by atoms with van der Waals surface area (Å²) >= 11 is 1.26. The van der Waals surface area contributed by atoms with Crippen LogP contribution in [0.4, 0.5) is 5.13 Å². The topological polar surface area (TPSA) is 62.3 Å². The van der Waals surface area contributed by atoms with E-state index in [1.807, 2.05) is 6.92 Å². The molecule has 1 heterocycles. The lowest BCUT2D eigenvalue weighted by molar-refractivity contribution is -0.114. The summed E-state index contributed by atoms with van der Waals surface area (Å²) in [5.74, 6) is 0.242. The van der Waals surface area contributed by atoms with Gasteiger partial charge in [-0.1, -0.05) is 13.8 Å². The van der Waals surface area contributed by atoms with Gasteiger partial charge in [-0.15, -0.1) is 11.3 Å². The normalized spacial score (nSPS) is 12.3. The highest BCUT2D eigenvalue weighted by Gasteiger charge is 2.20. The van der Waals surface area contributed by atoms with Crippen LogP contribution in [0.5, 0.6) is 0 Å². The molecule has 2 amide bonds. The first-order valence-corrected chi connectivity index (χ1v) is 7.19. The van der Waals surface area contributed by atoms with Crippen molar-refractivity contribution >= 4 is 28.3 Å². The number of nitrogens with one attached hydrogen (secondary N) is 1. The summed E-state index contributed by atoms with van der Waals surface area (Å²) in [6.07, 6.45) is 0.949. The van der Waals surface area contributed by atoms with Crippen LogP contribution in [-0.4, -0.2) is 34.8 Å². The number of rotatable bonds is 5. The molecular weight excluding hydrogens is 262 g/mol. The molecule has 0 aliphatic carbocycles. The van der Waals surface area contributed by atoms with Crippen LogP contribution >= 0.6 is 11.3 Å². The van der Waals surface area contributed by atoms with E-state index in [9.17, 15) is 9.59 Å². The van der Waals surface area contributed by atoms with Gasteiger partial charge in [0.05, 0.1) is 0 Å². The smallest absolute Gasteiger partial charge is 0.273 e. The van der Waals surface area contributed by atoms with Crippen molar-refractivity contribution < 1.29 is 9.59 Å². The van der Waals surface area contributed by atoms with Crippen molar-refractivity contribution in [2.45, 2.75) is 40.2 Å². The fourth-order valence-corrected chi connectivity index (χ4v) is 2.53. The van der Waals surface area contributed by atoms with Crippen molar-refractivity contribution in [2.24, 2.45) is 5.92 Å². The minimum atomic E-state index is -0.185. The standard InChI is InChI=1S/C13H21N3O2S/c1-8(2)6-9(3)16(5)12(18)11-7-19-13(15-11)14-10(4)17/h7-9H,6H2,1-5H3,(H,14,15,17)/t9-/m0/s1. The predicted molar refractivity (Wildman–Crippen MR) is 77.4 cm³/mol. The Balaban J connectivity index is 2.71. The molecule has 0 saturated carbocycles. The zero-order chi connectivity index (χ0) is 14.6. The number of hydrogen-bond donors (Lipinski definition) is 1. The van der Waals surface area contributed by atoms with Gasteiger partial charge in [0.2, 0.25) is 5.91 Å². The molecule has 0 bridgehead atoms. The number of carbonyl (C=O) groups excluding carboxylic acids is 2. The molecule has 0 saturated heterocycles. The lowest BCUT2D eigenvalue weighted by atomic mass is 10.0. The third-order valence-electron chi connectivity index (χ3n) is 2.80. The van der Waals surface area contributed by atoms with Gasteiger partial charge in [-0.05, 0) is 19.3 Å². The zero-order valence-corrected chi connectivity index (χ0v) is 12.9. The molecule has 1 N–H and O–H groups in total. The van der Waals surface area contributed by atoms with Gasteiger partial charge in [0.15, 0.2) is 5.13 Å². The summed E-state index contributed by atoms with van der Waals surface area (Å²) < 4.78 is 0. The Hall–Kier alpha value is -1.43. The molecule has 6 heteroatoms. The molecule has 1 atom stereocenters. The van der Waals surface area contributed by atoms with Crippen LogP contribution in [0.15, 0.2) is 5.38 Å². The second kappa shape index (κ2) is 6.65. The van der Waals surface area contributed by atoms with E-state index in [0.29, 0.717) is 16.7 Å². The Morgan fingerprint density at radius 2 is 2.05 bits per heavy atom. The quantitative estimate of drug-likeness (QED) is 0.903. The molecule has 0 unspecified atom stereocenters. The van der Waals surface area contributed by atoms with E-state index in [4.69, 9.17) is 0 Å². The second-order valence-corrected chi connectivity index (χ2v) is 5.97. The maximum absolute atomic E-state index is 12.2. The summed E-state index contributed by atoms with van der Waals surface area (Å²) in [5.41, 5.74) is 0.381. The molecule has 0 radical (unpaired) electrons. The highest BCUT2D eigenvalue weighted by molar-refractivity contribution is 7.14. The Bertz CT molecular complexity index is 456. The van der Waals surface area contributed by atoms with Crippen molar-refractivity contribution in [3.8, 4) is 0 Å². The van der Waals surface area contributed by atoms with Crippen LogP contribution in [0.25, 0.3) is 0 Å². The molecule has 1 aromatic heterocycles. The molecule has 0 aliphatic heterocycles. The predicted octanol–water partition coefficient (Wildman–Crippen LogP) is 2.61. The lowest BCUT2D eigenvalue weighted by Gasteiger charge is -2.25. The van der Waals surface area contributed by atoms with Crippen LogP contribution in [-0.2, 0) is 4.79 Å². The van der Waals surface area contributed by atoms with E-state index >= 15 is 0 Å². The molecule has 0 aromatic carbocycles. The number of nitrogens with zero attached hydrogens (tertiary/aromatic N) is 2. The average Bonchev–Trinajstić information content (AvgIpc) is 2.73. The minimum Gasteiger partial charge on any atom is -0.338 e. The summed E-state index contributed by atoms with van der Waals surface area (Å²) in [6, 6.07) is 0.165. The van der Waals surface area contributed by atoms with E-state index in [0.717, 1.165) is 6.42 Å². The Labute approximate surface area is 118 Å².